The lowest BCUT2D eigenvalue weighted by Gasteiger charge is -2.21. The van der Waals surface area contributed by atoms with E-state index in [-0.39, 0.29) is 39.9 Å². The van der Waals surface area contributed by atoms with E-state index in [0.29, 0.717) is 0 Å². The van der Waals surface area contributed by atoms with Gasteiger partial charge in [-0.05, 0) is 35.1 Å². The van der Waals surface area contributed by atoms with E-state index in [1.807, 2.05) is 19.1 Å². The second kappa shape index (κ2) is 9.07. The largest absolute Gasteiger partial charge is 0.483 e. The average molecular weight is 496 g/mol. The highest BCUT2D eigenvalue weighted by atomic mass is 35.5. The van der Waals surface area contributed by atoms with E-state index in [1.54, 1.807) is 11.8 Å². The fraction of sp³-hybridized carbons (Fsp3) is 0.450. The molecule has 1 fully saturated rings. The number of likely N-dealkylation sites (tertiary alicyclic amines) is 1. The van der Waals surface area contributed by atoms with E-state index >= 15 is 0 Å². The number of nitrogens with zero attached hydrogens (tertiary/aromatic N) is 1. The SMILES string of the molecule is CCSC1C=C2CN(C(=O)c3cc(S(C)(=O)=O)ccc3OCC(F)(F)F)CC2=CC1Cl. The molecule has 0 spiro atoms. The van der Waals surface area contributed by atoms with Crippen molar-refractivity contribution in [1.29, 1.82) is 0 Å². The zero-order valence-corrected chi connectivity index (χ0v) is 19.2. The maximum atomic E-state index is 13.2. The van der Waals surface area contributed by atoms with Crippen LogP contribution in [0.2, 0.25) is 0 Å². The Morgan fingerprint density at radius 1 is 1.26 bits per heavy atom. The van der Waals surface area contributed by atoms with Gasteiger partial charge in [-0.3, -0.25) is 4.79 Å². The minimum atomic E-state index is -4.60. The maximum Gasteiger partial charge on any atom is 0.422 e. The summed E-state index contributed by atoms with van der Waals surface area (Å²) in [6, 6.07) is 3.27. The Hall–Kier alpha value is -1.65. The predicted molar refractivity (Wildman–Crippen MR) is 115 cm³/mol. The summed E-state index contributed by atoms with van der Waals surface area (Å²) in [5.74, 6) is -0.0475. The number of rotatable bonds is 6. The lowest BCUT2D eigenvalue weighted by Crippen LogP contribution is -2.29. The van der Waals surface area contributed by atoms with Crippen LogP contribution in [0, 0.1) is 0 Å². The topological polar surface area (TPSA) is 63.7 Å². The summed E-state index contributed by atoms with van der Waals surface area (Å²) in [5.41, 5.74) is 1.60. The molecule has 0 bridgehead atoms. The van der Waals surface area contributed by atoms with Gasteiger partial charge < -0.3 is 9.64 Å². The number of sulfone groups is 1. The molecular weight excluding hydrogens is 475 g/mol. The van der Waals surface area contributed by atoms with Crippen LogP contribution < -0.4 is 4.74 Å². The second-order valence-electron chi connectivity index (χ2n) is 7.24. The smallest absolute Gasteiger partial charge is 0.422 e. The van der Waals surface area contributed by atoms with Crippen LogP contribution in [0.25, 0.3) is 0 Å². The quantitative estimate of drug-likeness (QED) is 0.556. The number of halogens is 4. The second-order valence-corrected chi connectivity index (χ2v) is 11.2. The molecule has 0 saturated carbocycles. The maximum absolute atomic E-state index is 13.2. The van der Waals surface area contributed by atoms with Crippen molar-refractivity contribution < 1.29 is 31.1 Å². The van der Waals surface area contributed by atoms with Crippen molar-refractivity contribution >= 4 is 39.1 Å². The molecule has 1 aliphatic carbocycles. The summed E-state index contributed by atoms with van der Waals surface area (Å²) in [4.78, 5) is 14.5. The Bertz CT molecular complexity index is 1040. The Labute approximate surface area is 188 Å². The fourth-order valence-electron chi connectivity index (χ4n) is 3.41. The molecule has 2 atom stereocenters. The number of thioether (sulfide) groups is 1. The molecule has 2 unspecified atom stereocenters. The van der Waals surface area contributed by atoms with E-state index in [4.69, 9.17) is 16.3 Å². The van der Waals surface area contributed by atoms with Crippen molar-refractivity contribution in [2.75, 3.05) is 31.7 Å². The van der Waals surface area contributed by atoms with E-state index < -0.39 is 28.5 Å². The van der Waals surface area contributed by atoms with Gasteiger partial charge in [0.1, 0.15) is 5.75 Å². The Kier molecular flexibility index (Phi) is 7.02. The number of hydrogen-bond acceptors (Lipinski definition) is 5. The van der Waals surface area contributed by atoms with Gasteiger partial charge in [0.05, 0.1) is 15.8 Å². The van der Waals surface area contributed by atoms with Crippen LogP contribution in [0.15, 0.2) is 46.4 Å². The molecule has 0 N–H and O–H groups in total. The minimum Gasteiger partial charge on any atom is -0.483 e. The third kappa shape index (κ3) is 5.78. The van der Waals surface area contributed by atoms with Gasteiger partial charge >= 0.3 is 6.18 Å². The van der Waals surface area contributed by atoms with Crippen molar-refractivity contribution in [3.8, 4) is 5.75 Å². The third-order valence-electron chi connectivity index (χ3n) is 4.82. The van der Waals surface area contributed by atoms with Crippen LogP contribution >= 0.6 is 23.4 Å². The minimum absolute atomic E-state index is 0.0692. The van der Waals surface area contributed by atoms with Crippen molar-refractivity contribution in [2.45, 2.75) is 28.6 Å². The number of fused-ring (bicyclic) bond motifs is 1. The molecule has 31 heavy (non-hydrogen) atoms. The number of allylic oxidation sites excluding steroid dienone is 1. The average Bonchev–Trinajstić information content (AvgIpc) is 3.07. The summed E-state index contributed by atoms with van der Waals surface area (Å²) in [5, 5.41) is -0.155. The predicted octanol–water partition coefficient (Wildman–Crippen LogP) is 4.08. The summed E-state index contributed by atoms with van der Waals surface area (Å²) >= 11 is 8.10. The lowest BCUT2D eigenvalue weighted by molar-refractivity contribution is -0.153. The monoisotopic (exact) mass is 495 g/mol. The molecule has 1 saturated heterocycles. The molecule has 170 valence electrons. The van der Waals surface area contributed by atoms with E-state index in [1.165, 1.54) is 4.90 Å². The number of hydrogen-bond donors (Lipinski definition) is 0. The molecule has 0 radical (unpaired) electrons. The number of carbonyl (C=O) groups excluding carboxylic acids is 1. The molecule has 3 rings (SSSR count). The van der Waals surface area contributed by atoms with E-state index in [2.05, 4.69) is 0 Å². The van der Waals surface area contributed by atoms with Crippen molar-refractivity contribution in [3.05, 3.63) is 47.1 Å². The first kappa shape index (κ1) is 24.0. The van der Waals surface area contributed by atoms with Crippen LogP contribution in [0.3, 0.4) is 0 Å². The summed E-state index contributed by atoms with van der Waals surface area (Å²) < 4.78 is 66.5. The molecule has 1 aromatic rings. The Morgan fingerprint density at radius 2 is 1.90 bits per heavy atom. The summed E-state index contributed by atoms with van der Waals surface area (Å²) in [7, 11) is -3.68. The van der Waals surface area contributed by atoms with Crippen LogP contribution in [0.5, 0.6) is 5.75 Å². The van der Waals surface area contributed by atoms with Crippen molar-refractivity contribution in [3.63, 3.8) is 0 Å². The molecule has 2 aliphatic rings. The highest BCUT2D eigenvalue weighted by Crippen LogP contribution is 2.36. The number of ether oxygens (including phenoxy) is 1. The van der Waals surface area contributed by atoms with Gasteiger partial charge in [0, 0.05) is 24.6 Å². The standard InChI is InChI=1S/C20H21ClF3NO4S2/c1-3-30-18-7-13-10-25(9-12(13)6-16(18)21)19(26)15-8-14(31(2,27)28)4-5-17(15)29-11-20(22,23)24/h4-8,16,18H,3,9-11H2,1-2H3. The normalized spacial score (nSPS) is 21.4. The summed E-state index contributed by atoms with van der Waals surface area (Å²) in [6.07, 6.45) is 0.266. The molecule has 1 aliphatic heterocycles. The molecule has 1 heterocycles. The number of benzene rings is 1. The Balaban J connectivity index is 1.91. The van der Waals surface area contributed by atoms with E-state index in [9.17, 15) is 26.4 Å². The van der Waals surface area contributed by atoms with Gasteiger partial charge in [-0.1, -0.05) is 19.1 Å². The van der Waals surface area contributed by atoms with Crippen LogP contribution in [0.4, 0.5) is 13.2 Å². The van der Waals surface area contributed by atoms with Crippen molar-refractivity contribution in [1.82, 2.24) is 4.90 Å². The first-order chi connectivity index (χ1) is 14.4. The number of amides is 1. The molecule has 1 aromatic carbocycles. The zero-order chi connectivity index (χ0) is 23.0. The molecule has 5 nitrogen and oxygen atoms in total. The zero-order valence-electron chi connectivity index (χ0n) is 16.8. The highest BCUT2D eigenvalue weighted by molar-refractivity contribution is 8.00. The summed E-state index contributed by atoms with van der Waals surface area (Å²) in [6.45, 7) is 0.926. The van der Waals surface area contributed by atoms with Gasteiger partial charge in [0.15, 0.2) is 16.4 Å². The first-order valence-electron chi connectivity index (χ1n) is 9.39. The number of alkyl halides is 4. The van der Waals surface area contributed by atoms with Gasteiger partial charge in [-0.25, -0.2) is 8.42 Å². The molecular formula is C20H21ClF3NO4S2. The van der Waals surface area contributed by atoms with Crippen LogP contribution in [-0.4, -0.2) is 67.7 Å². The molecule has 11 heteroatoms. The van der Waals surface area contributed by atoms with Crippen LogP contribution in [0.1, 0.15) is 17.3 Å². The van der Waals surface area contributed by atoms with Gasteiger partial charge in [-0.15, -0.1) is 11.6 Å². The van der Waals surface area contributed by atoms with Gasteiger partial charge in [-0.2, -0.15) is 24.9 Å². The first-order valence-corrected chi connectivity index (χ1v) is 12.8. The number of carbonyl (C=O) groups is 1. The molecule has 0 aromatic heterocycles. The van der Waals surface area contributed by atoms with Gasteiger partial charge in [0.25, 0.3) is 5.91 Å². The van der Waals surface area contributed by atoms with Crippen molar-refractivity contribution in [2.24, 2.45) is 0 Å². The molecule has 1 amide bonds. The van der Waals surface area contributed by atoms with Gasteiger partial charge in [0.2, 0.25) is 0 Å². The third-order valence-corrected chi connectivity index (χ3v) is 7.63. The highest BCUT2D eigenvalue weighted by Gasteiger charge is 2.34. The Morgan fingerprint density at radius 3 is 2.48 bits per heavy atom. The van der Waals surface area contributed by atoms with E-state index in [0.717, 1.165) is 41.4 Å². The fourth-order valence-corrected chi connectivity index (χ4v) is 5.40. The lowest BCUT2D eigenvalue weighted by atomic mass is 10.0. The van der Waals surface area contributed by atoms with Crippen LogP contribution in [-0.2, 0) is 9.84 Å².